The lowest BCUT2D eigenvalue weighted by molar-refractivity contribution is -0.143. The van der Waals surface area contributed by atoms with Crippen LogP contribution in [0.5, 0.6) is 0 Å². The molecule has 0 bridgehead atoms. The van der Waals surface area contributed by atoms with E-state index >= 15 is 0 Å². The summed E-state index contributed by atoms with van der Waals surface area (Å²) in [4.78, 5) is 27.2. The maximum absolute atomic E-state index is 12.1. The number of carbonyl (C=O) groups is 2. The fourth-order valence-electron chi connectivity index (χ4n) is 6.20. The van der Waals surface area contributed by atoms with E-state index in [2.05, 4.69) is 20.7 Å². The van der Waals surface area contributed by atoms with E-state index in [0.29, 0.717) is 55.1 Å². The van der Waals surface area contributed by atoms with Crippen LogP contribution in [-0.2, 0) is 19.4 Å². The van der Waals surface area contributed by atoms with E-state index < -0.39 is 33.9 Å². The van der Waals surface area contributed by atoms with Gasteiger partial charge in [-0.2, -0.15) is 4.80 Å². The van der Waals surface area contributed by atoms with Crippen molar-refractivity contribution >= 4 is 21.8 Å². The number of piperidine rings is 1. The highest BCUT2D eigenvalue weighted by Gasteiger charge is 2.42. The van der Waals surface area contributed by atoms with Gasteiger partial charge in [0.05, 0.1) is 10.9 Å². The fourth-order valence-corrected chi connectivity index (χ4v) is 6.83. The SMILES string of the molecule is CS(=O)(=O)c1ccc(-c2nnn([C@H]3C[C@@H](C(=O)O)N(CC4CC[C@H]5CNC(C(=O)O)CC5C4)C3)n2)cc1. The van der Waals surface area contributed by atoms with E-state index in [1.807, 2.05) is 4.90 Å². The number of aliphatic carboxylic acids is 2. The van der Waals surface area contributed by atoms with Crippen molar-refractivity contribution in [2.24, 2.45) is 17.8 Å². The van der Waals surface area contributed by atoms with Gasteiger partial charge in [-0.25, -0.2) is 8.42 Å². The molecule has 3 aliphatic rings. The minimum absolute atomic E-state index is 0.205. The number of nitrogens with zero attached hydrogens (tertiary/aromatic N) is 5. The van der Waals surface area contributed by atoms with Gasteiger partial charge in [-0.05, 0) is 85.9 Å². The monoisotopic (exact) mass is 532 g/mol. The number of fused-ring (bicyclic) bond motifs is 1. The maximum atomic E-state index is 12.1. The summed E-state index contributed by atoms with van der Waals surface area (Å²) in [5.74, 6) is -0.181. The largest absolute Gasteiger partial charge is 0.480 e. The van der Waals surface area contributed by atoms with Crippen molar-refractivity contribution in [3.05, 3.63) is 24.3 Å². The molecule has 3 unspecified atom stereocenters. The smallest absolute Gasteiger partial charge is 0.321 e. The molecule has 1 aromatic heterocycles. The number of sulfone groups is 1. The third-order valence-corrected chi connectivity index (χ3v) is 9.29. The second-order valence-corrected chi connectivity index (χ2v) is 12.7. The molecule has 2 aliphatic heterocycles. The highest BCUT2D eigenvalue weighted by atomic mass is 32.2. The zero-order valence-electron chi connectivity index (χ0n) is 20.6. The Morgan fingerprint density at radius 3 is 2.49 bits per heavy atom. The molecule has 5 rings (SSSR count). The first-order valence-corrected chi connectivity index (χ1v) is 14.5. The Hall–Kier alpha value is -2.90. The molecule has 2 aromatic rings. The first-order valence-electron chi connectivity index (χ1n) is 12.6. The summed E-state index contributed by atoms with van der Waals surface area (Å²) in [6, 6.07) is 4.86. The lowest BCUT2D eigenvalue weighted by Crippen LogP contribution is -2.50. The van der Waals surface area contributed by atoms with E-state index in [9.17, 15) is 28.2 Å². The highest BCUT2D eigenvalue weighted by Crippen LogP contribution is 2.40. The molecular formula is C24H32N6O6S. The molecule has 0 spiro atoms. The third kappa shape index (κ3) is 5.53. The standard InChI is InChI=1S/C24H32N6O6S/c1-37(35,36)19-6-4-15(5-7-19)22-26-28-30(27-22)18-10-21(24(33)34)29(13-18)12-14-2-3-16-11-25-20(23(31)32)9-17(16)8-14/h4-7,14,16-18,20-21,25H,2-3,8-13H2,1H3,(H,31,32)(H,33,34)/t14?,16-,17?,18-,20?,21-/m0/s1. The van der Waals surface area contributed by atoms with Crippen LogP contribution in [0, 0.1) is 17.8 Å². The molecule has 37 heavy (non-hydrogen) atoms. The van der Waals surface area contributed by atoms with Crippen molar-refractivity contribution < 1.29 is 28.2 Å². The Labute approximate surface area is 215 Å². The van der Waals surface area contributed by atoms with Crippen LogP contribution >= 0.6 is 0 Å². The predicted octanol–water partition coefficient (Wildman–Crippen LogP) is 0.923. The molecule has 3 heterocycles. The summed E-state index contributed by atoms with van der Waals surface area (Å²) in [5, 5.41) is 35.2. The van der Waals surface area contributed by atoms with Gasteiger partial charge in [-0.1, -0.05) is 0 Å². The Bertz CT molecular complexity index is 1260. The van der Waals surface area contributed by atoms with Crippen LogP contribution in [0.25, 0.3) is 11.4 Å². The van der Waals surface area contributed by atoms with Crippen molar-refractivity contribution in [3.8, 4) is 11.4 Å². The lowest BCUT2D eigenvalue weighted by atomic mass is 9.69. The molecule has 200 valence electrons. The molecule has 0 radical (unpaired) electrons. The number of carboxylic acid groups (broad SMARTS) is 2. The Balaban J connectivity index is 1.25. The number of rotatable bonds is 7. The van der Waals surface area contributed by atoms with Gasteiger partial charge in [0.1, 0.15) is 12.1 Å². The summed E-state index contributed by atoms with van der Waals surface area (Å²) in [6.45, 7) is 1.87. The van der Waals surface area contributed by atoms with Crippen molar-refractivity contribution in [1.82, 2.24) is 30.4 Å². The molecule has 3 fully saturated rings. The van der Waals surface area contributed by atoms with Crippen LogP contribution in [0.4, 0.5) is 0 Å². The number of hydrogen-bond donors (Lipinski definition) is 3. The molecule has 1 saturated carbocycles. The van der Waals surface area contributed by atoms with Crippen LogP contribution < -0.4 is 5.32 Å². The van der Waals surface area contributed by atoms with Gasteiger partial charge in [-0.15, -0.1) is 10.2 Å². The molecule has 1 aromatic carbocycles. The number of tetrazole rings is 1. The summed E-state index contributed by atoms with van der Waals surface area (Å²) in [6.07, 6.45) is 5.07. The molecule has 13 heteroatoms. The summed E-state index contributed by atoms with van der Waals surface area (Å²) >= 11 is 0. The fraction of sp³-hybridized carbons (Fsp3) is 0.625. The average Bonchev–Trinajstić information content (AvgIpc) is 3.51. The van der Waals surface area contributed by atoms with Gasteiger partial charge < -0.3 is 15.5 Å². The molecular weight excluding hydrogens is 500 g/mol. The van der Waals surface area contributed by atoms with Crippen molar-refractivity contribution in [1.29, 1.82) is 0 Å². The minimum Gasteiger partial charge on any atom is -0.480 e. The topological polar surface area (TPSA) is 168 Å². The van der Waals surface area contributed by atoms with Gasteiger partial charge >= 0.3 is 11.9 Å². The molecule has 12 nitrogen and oxygen atoms in total. The highest BCUT2D eigenvalue weighted by molar-refractivity contribution is 7.90. The number of nitrogens with one attached hydrogen (secondary N) is 1. The molecule has 1 aliphatic carbocycles. The number of hydrogen-bond acceptors (Lipinski definition) is 9. The van der Waals surface area contributed by atoms with E-state index in [1.165, 1.54) is 16.9 Å². The number of carboxylic acids is 2. The Morgan fingerprint density at radius 1 is 1.05 bits per heavy atom. The van der Waals surface area contributed by atoms with Crippen molar-refractivity contribution in [2.75, 3.05) is 25.9 Å². The number of aromatic nitrogens is 4. The van der Waals surface area contributed by atoms with Gasteiger partial charge in [0.15, 0.2) is 9.84 Å². The molecule has 2 saturated heterocycles. The Morgan fingerprint density at radius 2 is 1.81 bits per heavy atom. The molecule has 0 amide bonds. The van der Waals surface area contributed by atoms with E-state index in [0.717, 1.165) is 32.1 Å². The minimum atomic E-state index is -3.31. The normalized spacial score (nSPS) is 30.6. The average molecular weight is 533 g/mol. The van der Waals surface area contributed by atoms with E-state index in [4.69, 9.17) is 0 Å². The van der Waals surface area contributed by atoms with Crippen molar-refractivity contribution in [3.63, 3.8) is 0 Å². The Kier molecular flexibility index (Phi) is 7.03. The van der Waals surface area contributed by atoms with Gasteiger partial charge in [0, 0.05) is 24.9 Å². The van der Waals surface area contributed by atoms with Gasteiger partial charge in [-0.3, -0.25) is 14.5 Å². The first-order chi connectivity index (χ1) is 17.6. The third-order valence-electron chi connectivity index (χ3n) is 8.17. The maximum Gasteiger partial charge on any atom is 0.321 e. The van der Waals surface area contributed by atoms with Crippen LogP contribution in [0.3, 0.4) is 0 Å². The van der Waals surface area contributed by atoms with Gasteiger partial charge in [0.2, 0.25) is 5.82 Å². The predicted molar refractivity (Wildman–Crippen MR) is 131 cm³/mol. The summed E-state index contributed by atoms with van der Waals surface area (Å²) < 4.78 is 23.4. The number of likely N-dealkylation sites (tertiary alicyclic amines) is 1. The van der Waals surface area contributed by atoms with Gasteiger partial charge in [0.25, 0.3) is 0 Å². The van der Waals surface area contributed by atoms with Crippen LogP contribution in [0.2, 0.25) is 0 Å². The quantitative estimate of drug-likeness (QED) is 0.464. The second-order valence-electron chi connectivity index (χ2n) is 10.7. The zero-order valence-corrected chi connectivity index (χ0v) is 21.4. The summed E-state index contributed by atoms with van der Waals surface area (Å²) in [7, 11) is -3.31. The van der Waals surface area contributed by atoms with Crippen LogP contribution in [-0.4, -0.2) is 93.7 Å². The summed E-state index contributed by atoms with van der Waals surface area (Å²) in [5.41, 5.74) is 0.627. The second kappa shape index (κ2) is 10.1. The molecule has 3 N–H and O–H groups in total. The zero-order chi connectivity index (χ0) is 26.3. The molecule has 6 atom stereocenters. The van der Waals surface area contributed by atoms with E-state index in [1.54, 1.807) is 12.1 Å². The van der Waals surface area contributed by atoms with Crippen LogP contribution in [0.15, 0.2) is 29.2 Å². The van der Waals surface area contributed by atoms with E-state index in [-0.39, 0.29) is 10.9 Å². The van der Waals surface area contributed by atoms with Crippen molar-refractivity contribution in [2.45, 2.75) is 55.1 Å². The first kappa shape index (κ1) is 25.7. The lowest BCUT2D eigenvalue weighted by Gasteiger charge is -2.42. The number of benzene rings is 1. The van der Waals surface area contributed by atoms with Crippen LogP contribution in [0.1, 0.15) is 38.1 Å².